The third-order valence-corrected chi connectivity index (χ3v) is 7.07. The lowest BCUT2D eigenvalue weighted by Crippen LogP contribution is -2.39. The lowest BCUT2D eigenvalue weighted by molar-refractivity contribution is 0.337. The Balaban J connectivity index is 2.13. The molecule has 5 unspecified atom stereocenters. The predicted octanol–water partition coefficient (Wildman–Crippen LogP) is 3.44. The van der Waals surface area contributed by atoms with Crippen LogP contribution in [0.25, 0.3) is 0 Å². The van der Waals surface area contributed by atoms with Crippen LogP contribution in [0.2, 0.25) is 0 Å². The van der Waals surface area contributed by atoms with Gasteiger partial charge in [-0.2, -0.15) is 0 Å². The molecule has 1 aliphatic carbocycles. The molecule has 0 heterocycles. The van der Waals surface area contributed by atoms with E-state index in [0.29, 0.717) is 18.4 Å². The lowest BCUT2D eigenvalue weighted by Gasteiger charge is -2.36. The van der Waals surface area contributed by atoms with Gasteiger partial charge in [0.15, 0.2) is 0 Å². The van der Waals surface area contributed by atoms with Gasteiger partial charge in [0.25, 0.3) is 0 Å². The first-order valence-electron chi connectivity index (χ1n) is 7.81. The van der Waals surface area contributed by atoms with Gasteiger partial charge < -0.3 is 5.73 Å². The summed E-state index contributed by atoms with van der Waals surface area (Å²) >= 11 is 0. The highest BCUT2D eigenvalue weighted by molar-refractivity contribution is 7.86. The van der Waals surface area contributed by atoms with E-state index in [1.165, 1.54) is 12.0 Å². The van der Waals surface area contributed by atoms with E-state index < -0.39 is 10.8 Å². The molecule has 0 aliphatic heterocycles. The summed E-state index contributed by atoms with van der Waals surface area (Å²) in [6.45, 7) is 4.90. The highest BCUT2D eigenvalue weighted by Crippen LogP contribution is 2.38. The highest BCUT2D eigenvalue weighted by Gasteiger charge is 2.35. The van der Waals surface area contributed by atoms with E-state index in [4.69, 9.17) is 5.73 Å². The van der Waals surface area contributed by atoms with Crippen molar-refractivity contribution in [2.24, 2.45) is 11.7 Å². The van der Waals surface area contributed by atoms with Crippen LogP contribution in [0.3, 0.4) is 0 Å². The van der Waals surface area contributed by atoms with E-state index in [2.05, 4.69) is 44.2 Å². The standard InChI is InChI=1S/C17H27NOS/c1-3-13(2)20(19)17-11-15(9-10-16(17)12-18)14-7-5-4-6-8-14/h4-8,13,15-17H,3,9-12,18H2,1-2H3. The van der Waals surface area contributed by atoms with Crippen LogP contribution in [0.4, 0.5) is 0 Å². The summed E-state index contributed by atoms with van der Waals surface area (Å²) < 4.78 is 12.7. The average Bonchev–Trinajstić information content (AvgIpc) is 2.53. The maximum absolute atomic E-state index is 12.7. The van der Waals surface area contributed by atoms with E-state index in [-0.39, 0.29) is 10.5 Å². The summed E-state index contributed by atoms with van der Waals surface area (Å²) in [4.78, 5) is 0. The molecule has 1 saturated carbocycles. The van der Waals surface area contributed by atoms with Crippen molar-refractivity contribution >= 4 is 10.8 Å². The van der Waals surface area contributed by atoms with Crippen molar-refractivity contribution in [3.8, 4) is 0 Å². The van der Waals surface area contributed by atoms with Crippen LogP contribution >= 0.6 is 0 Å². The Hall–Kier alpha value is -0.670. The molecular weight excluding hydrogens is 266 g/mol. The van der Waals surface area contributed by atoms with Crippen LogP contribution in [0.1, 0.15) is 51.0 Å². The van der Waals surface area contributed by atoms with E-state index in [0.717, 1.165) is 19.3 Å². The first kappa shape index (κ1) is 15.7. The third-order valence-electron chi connectivity index (χ3n) is 4.77. The van der Waals surface area contributed by atoms with Crippen molar-refractivity contribution in [2.45, 2.75) is 55.9 Å². The molecular formula is C17H27NOS. The fourth-order valence-corrected chi connectivity index (χ4v) is 5.21. The van der Waals surface area contributed by atoms with Gasteiger partial charge >= 0.3 is 0 Å². The summed E-state index contributed by atoms with van der Waals surface area (Å²) in [7, 11) is -0.756. The minimum atomic E-state index is -0.756. The molecule has 2 rings (SSSR count). The second-order valence-electron chi connectivity index (χ2n) is 6.00. The Labute approximate surface area is 125 Å². The van der Waals surface area contributed by atoms with Crippen molar-refractivity contribution in [3.63, 3.8) is 0 Å². The first-order valence-corrected chi connectivity index (χ1v) is 9.09. The minimum Gasteiger partial charge on any atom is -0.330 e. The number of hydrogen-bond donors (Lipinski definition) is 1. The summed E-state index contributed by atoms with van der Waals surface area (Å²) in [5.74, 6) is 0.988. The van der Waals surface area contributed by atoms with Gasteiger partial charge in [0.05, 0.1) is 0 Å². The highest BCUT2D eigenvalue weighted by atomic mass is 32.2. The van der Waals surface area contributed by atoms with Gasteiger partial charge in [-0.25, -0.2) is 0 Å². The van der Waals surface area contributed by atoms with Gasteiger partial charge in [-0.3, -0.25) is 4.21 Å². The fourth-order valence-electron chi connectivity index (χ4n) is 3.24. The summed E-state index contributed by atoms with van der Waals surface area (Å²) in [5.41, 5.74) is 7.32. The maximum atomic E-state index is 12.7. The van der Waals surface area contributed by atoms with Crippen molar-refractivity contribution < 1.29 is 4.21 Å². The van der Waals surface area contributed by atoms with Crippen LogP contribution in [0.5, 0.6) is 0 Å². The lowest BCUT2D eigenvalue weighted by atomic mass is 9.78. The Morgan fingerprint density at radius 1 is 1.30 bits per heavy atom. The molecule has 0 saturated heterocycles. The quantitative estimate of drug-likeness (QED) is 0.903. The van der Waals surface area contributed by atoms with Crippen molar-refractivity contribution in [1.29, 1.82) is 0 Å². The number of benzene rings is 1. The Morgan fingerprint density at radius 3 is 2.60 bits per heavy atom. The van der Waals surface area contributed by atoms with Gasteiger partial charge in [-0.1, -0.05) is 44.2 Å². The number of hydrogen-bond acceptors (Lipinski definition) is 2. The van der Waals surface area contributed by atoms with Crippen LogP contribution in [-0.4, -0.2) is 21.3 Å². The normalized spacial score (nSPS) is 29.9. The van der Waals surface area contributed by atoms with Crippen LogP contribution in [0.15, 0.2) is 30.3 Å². The monoisotopic (exact) mass is 293 g/mol. The van der Waals surface area contributed by atoms with Gasteiger partial charge in [-0.05, 0) is 49.6 Å². The molecule has 0 bridgehead atoms. The fraction of sp³-hybridized carbons (Fsp3) is 0.647. The van der Waals surface area contributed by atoms with Gasteiger partial charge in [0.2, 0.25) is 0 Å². The third kappa shape index (κ3) is 3.50. The Morgan fingerprint density at radius 2 is 2.00 bits per heavy atom. The molecule has 1 fully saturated rings. The van der Waals surface area contributed by atoms with Crippen LogP contribution < -0.4 is 5.73 Å². The molecule has 0 amide bonds. The van der Waals surface area contributed by atoms with Crippen molar-refractivity contribution in [3.05, 3.63) is 35.9 Å². The molecule has 2 N–H and O–H groups in total. The van der Waals surface area contributed by atoms with E-state index in [1.807, 2.05) is 0 Å². The minimum absolute atomic E-state index is 0.272. The SMILES string of the molecule is CCC(C)S(=O)C1CC(c2ccccc2)CCC1CN. The molecule has 2 nitrogen and oxygen atoms in total. The zero-order valence-corrected chi connectivity index (χ0v) is 13.4. The van der Waals surface area contributed by atoms with Crippen molar-refractivity contribution in [2.75, 3.05) is 6.54 Å². The maximum Gasteiger partial charge on any atom is 0.0396 e. The van der Waals surface area contributed by atoms with Gasteiger partial charge in [0, 0.05) is 21.3 Å². The second kappa shape index (κ2) is 7.37. The molecule has 1 aromatic rings. The first-order chi connectivity index (χ1) is 9.67. The molecule has 20 heavy (non-hydrogen) atoms. The van der Waals surface area contributed by atoms with Gasteiger partial charge in [0.1, 0.15) is 0 Å². The average molecular weight is 293 g/mol. The van der Waals surface area contributed by atoms with Gasteiger partial charge in [-0.15, -0.1) is 0 Å². The van der Waals surface area contributed by atoms with E-state index >= 15 is 0 Å². The largest absolute Gasteiger partial charge is 0.330 e. The molecule has 5 atom stereocenters. The smallest absolute Gasteiger partial charge is 0.0396 e. The van der Waals surface area contributed by atoms with Crippen LogP contribution in [0, 0.1) is 5.92 Å². The summed E-state index contributed by atoms with van der Waals surface area (Å²) in [6.07, 6.45) is 4.31. The van der Waals surface area contributed by atoms with E-state index in [1.54, 1.807) is 0 Å². The molecule has 1 aliphatic rings. The zero-order valence-electron chi connectivity index (χ0n) is 12.6. The van der Waals surface area contributed by atoms with E-state index in [9.17, 15) is 4.21 Å². The Kier molecular flexibility index (Phi) is 5.79. The molecule has 112 valence electrons. The second-order valence-corrected chi connectivity index (χ2v) is 8.07. The summed E-state index contributed by atoms with van der Waals surface area (Å²) in [5, 5.41) is 0.553. The molecule has 1 aromatic carbocycles. The molecule has 0 aromatic heterocycles. The topological polar surface area (TPSA) is 43.1 Å². The number of nitrogens with two attached hydrogens (primary N) is 1. The molecule has 0 spiro atoms. The predicted molar refractivity (Wildman–Crippen MR) is 87.3 cm³/mol. The molecule has 3 heteroatoms. The Bertz CT molecular complexity index is 434. The zero-order chi connectivity index (χ0) is 14.5. The van der Waals surface area contributed by atoms with Crippen LogP contribution in [-0.2, 0) is 10.8 Å². The molecule has 0 radical (unpaired) electrons. The van der Waals surface area contributed by atoms with Crippen molar-refractivity contribution in [1.82, 2.24) is 0 Å². The number of rotatable bonds is 5. The summed E-state index contributed by atoms with van der Waals surface area (Å²) in [6, 6.07) is 10.7.